The first-order valence-corrected chi connectivity index (χ1v) is 7.36. The molecule has 1 heterocycles. The van der Waals surface area contributed by atoms with Crippen LogP contribution in [0.2, 0.25) is 0 Å². The van der Waals surface area contributed by atoms with E-state index in [0.29, 0.717) is 9.23 Å². The van der Waals surface area contributed by atoms with Crippen molar-refractivity contribution in [1.29, 1.82) is 0 Å². The van der Waals surface area contributed by atoms with Gasteiger partial charge in [-0.3, -0.25) is 9.69 Å². The van der Waals surface area contributed by atoms with E-state index >= 15 is 0 Å². The molecule has 0 bridgehead atoms. The van der Waals surface area contributed by atoms with Crippen molar-refractivity contribution in [3.63, 3.8) is 0 Å². The molecule has 1 aromatic rings. The maximum Gasteiger partial charge on any atom is 0.266 e. The standard InChI is InChI=1S/C14H13NO4S2/c1-8(9-2-4-10(16)5-3-9)12-13(19)15(14(20)21-12)7-6-11(17)18/h2-5,16H,6-7H2,1H3,(H,17,18)/p-1/b12-8-. The molecule has 1 fully saturated rings. The molecule has 7 heteroatoms. The number of aliphatic carboxylic acids is 1. The molecular formula is C14H12NO4S2-. The van der Waals surface area contributed by atoms with Gasteiger partial charge in [0, 0.05) is 18.9 Å². The molecular weight excluding hydrogens is 310 g/mol. The van der Waals surface area contributed by atoms with Crippen LogP contribution in [-0.2, 0) is 9.59 Å². The highest BCUT2D eigenvalue weighted by Crippen LogP contribution is 2.36. The average molecular weight is 322 g/mol. The van der Waals surface area contributed by atoms with Gasteiger partial charge in [-0.2, -0.15) is 0 Å². The highest BCUT2D eigenvalue weighted by atomic mass is 32.2. The van der Waals surface area contributed by atoms with Crippen LogP contribution in [0.5, 0.6) is 5.75 Å². The molecule has 0 aliphatic carbocycles. The monoisotopic (exact) mass is 322 g/mol. The van der Waals surface area contributed by atoms with E-state index in [1.165, 1.54) is 17.0 Å². The van der Waals surface area contributed by atoms with Crippen LogP contribution in [0.1, 0.15) is 18.9 Å². The number of amides is 1. The second-order valence-corrected chi connectivity index (χ2v) is 6.09. The molecule has 0 saturated carbocycles. The van der Waals surface area contributed by atoms with Crippen molar-refractivity contribution in [2.24, 2.45) is 0 Å². The van der Waals surface area contributed by atoms with Crippen LogP contribution in [0.3, 0.4) is 0 Å². The summed E-state index contributed by atoms with van der Waals surface area (Å²) in [7, 11) is 0. The summed E-state index contributed by atoms with van der Waals surface area (Å²) in [5.41, 5.74) is 1.54. The largest absolute Gasteiger partial charge is 0.550 e. The number of aromatic hydroxyl groups is 1. The summed E-state index contributed by atoms with van der Waals surface area (Å²) in [5, 5.41) is 19.8. The number of hydrogen-bond acceptors (Lipinski definition) is 6. The summed E-state index contributed by atoms with van der Waals surface area (Å²) in [6.07, 6.45) is -0.252. The fraction of sp³-hybridized carbons (Fsp3) is 0.214. The van der Waals surface area contributed by atoms with Crippen molar-refractivity contribution in [3.8, 4) is 5.75 Å². The molecule has 5 nitrogen and oxygen atoms in total. The highest BCUT2D eigenvalue weighted by molar-refractivity contribution is 8.26. The van der Waals surface area contributed by atoms with Gasteiger partial charge in [-0.1, -0.05) is 36.1 Å². The number of thiocarbonyl (C=S) groups is 1. The van der Waals surface area contributed by atoms with Crippen LogP contribution < -0.4 is 5.11 Å². The minimum Gasteiger partial charge on any atom is -0.550 e. The predicted molar refractivity (Wildman–Crippen MR) is 82.2 cm³/mol. The third-order valence-corrected chi connectivity index (χ3v) is 4.58. The SMILES string of the molecule is C/C(=C1/SC(=S)N(CCC(=O)[O-])C1=O)c1ccc(O)cc1. The quantitative estimate of drug-likeness (QED) is 0.661. The van der Waals surface area contributed by atoms with E-state index in [1.54, 1.807) is 19.1 Å². The van der Waals surface area contributed by atoms with Crippen molar-refractivity contribution in [2.75, 3.05) is 6.54 Å². The summed E-state index contributed by atoms with van der Waals surface area (Å²) in [6.45, 7) is 1.80. The van der Waals surface area contributed by atoms with Crippen molar-refractivity contribution >= 4 is 45.7 Å². The maximum absolute atomic E-state index is 12.3. The minimum absolute atomic E-state index is 0.0133. The van der Waals surface area contributed by atoms with Crippen LogP contribution >= 0.6 is 24.0 Å². The number of hydrogen-bond donors (Lipinski definition) is 1. The lowest BCUT2D eigenvalue weighted by molar-refractivity contribution is -0.305. The normalized spacial score (nSPS) is 17.3. The van der Waals surface area contributed by atoms with Gasteiger partial charge in [0.2, 0.25) is 0 Å². The molecule has 0 spiro atoms. The Morgan fingerprint density at radius 1 is 1.38 bits per heavy atom. The van der Waals surface area contributed by atoms with Crippen molar-refractivity contribution in [3.05, 3.63) is 34.7 Å². The lowest BCUT2D eigenvalue weighted by Gasteiger charge is -2.14. The molecule has 1 N–H and O–H groups in total. The summed E-state index contributed by atoms with van der Waals surface area (Å²) in [4.78, 5) is 24.6. The van der Waals surface area contributed by atoms with Gasteiger partial charge in [0.1, 0.15) is 10.1 Å². The highest BCUT2D eigenvalue weighted by Gasteiger charge is 2.33. The average Bonchev–Trinajstić information content (AvgIpc) is 2.72. The van der Waals surface area contributed by atoms with E-state index in [1.807, 2.05) is 0 Å². The van der Waals surface area contributed by atoms with E-state index in [4.69, 9.17) is 12.2 Å². The smallest absolute Gasteiger partial charge is 0.266 e. The third kappa shape index (κ3) is 3.43. The molecule has 1 saturated heterocycles. The molecule has 2 rings (SSSR count). The molecule has 0 aromatic heterocycles. The number of rotatable bonds is 4. The van der Waals surface area contributed by atoms with Crippen LogP contribution in [-0.4, -0.2) is 32.7 Å². The number of benzene rings is 1. The Kier molecular flexibility index (Phi) is 4.64. The minimum atomic E-state index is -1.22. The van der Waals surface area contributed by atoms with E-state index in [0.717, 1.165) is 22.9 Å². The van der Waals surface area contributed by atoms with Crippen LogP contribution in [0.25, 0.3) is 5.57 Å². The number of carboxylic acid groups (broad SMARTS) is 1. The maximum atomic E-state index is 12.3. The first-order chi connectivity index (χ1) is 9.90. The Morgan fingerprint density at radius 3 is 2.57 bits per heavy atom. The number of carbonyl (C=O) groups excluding carboxylic acids is 2. The number of carboxylic acids is 1. The second kappa shape index (κ2) is 6.28. The fourth-order valence-corrected chi connectivity index (χ4v) is 3.22. The molecule has 110 valence electrons. The lowest BCUT2D eigenvalue weighted by atomic mass is 10.1. The van der Waals surface area contributed by atoms with E-state index in [9.17, 15) is 19.8 Å². The Balaban J connectivity index is 2.26. The third-order valence-electron chi connectivity index (χ3n) is 3.03. The van der Waals surface area contributed by atoms with Gasteiger partial charge in [0.25, 0.3) is 5.91 Å². The number of allylic oxidation sites excluding steroid dienone is 1. The van der Waals surface area contributed by atoms with Gasteiger partial charge in [-0.25, -0.2) is 0 Å². The molecule has 0 atom stereocenters. The summed E-state index contributed by atoms with van der Waals surface area (Å²) in [5.74, 6) is -1.37. The predicted octanol–water partition coefficient (Wildman–Crippen LogP) is 1.12. The zero-order chi connectivity index (χ0) is 15.6. The van der Waals surface area contributed by atoms with Gasteiger partial charge in [-0.15, -0.1) is 0 Å². The van der Waals surface area contributed by atoms with Gasteiger partial charge in [0.15, 0.2) is 0 Å². The van der Waals surface area contributed by atoms with Crippen molar-refractivity contribution in [1.82, 2.24) is 4.90 Å². The lowest BCUT2D eigenvalue weighted by Crippen LogP contribution is -2.33. The first-order valence-electron chi connectivity index (χ1n) is 6.14. The molecule has 1 aliphatic heterocycles. The first kappa shape index (κ1) is 15.5. The number of phenols is 1. The molecule has 0 unspecified atom stereocenters. The summed E-state index contributed by atoms with van der Waals surface area (Å²) < 4.78 is 0.342. The van der Waals surface area contributed by atoms with Crippen LogP contribution in [0, 0.1) is 0 Å². The molecule has 1 amide bonds. The van der Waals surface area contributed by atoms with E-state index < -0.39 is 5.97 Å². The van der Waals surface area contributed by atoms with Gasteiger partial charge in [-0.05, 0) is 30.2 Å². The number of nitrogens with zero attached hydrogens (tertiary/aromatic N) is 1. The Bertz CT molecular complexity index is 637. The van der Waals surface area contributed by atoms with E-state index in [-0.39, 0.29) is 24.6 Å². The number of carbonyl (C=O) groups is 2. The zero-order valence-corrected chi connectivity index (χ0v) is 12.8. The Labute approximate surface area is 131 Å². The van der Waals surface area contributed by atoms with Gasteiger partial charge in [0.05, 0.1) is 4.91 Å². The van der Waals surface area contributed by atoms with Crippen LogP contribution in [0.15, 0.2) is 29.2 Å². The van der Waals surface area contributed by atoms with Gasteiger partial charge >= 0.3 is 0 Å². The Morgan fingerprint density at radius 2 is 2.00 bits per heavy atom. The van der Waals surface area contributed by atoms with E-state index in [2.05, 4.69) is 0 Å². The zero-order valence-electron chi connectivity index (χ0n) is 11.2. The molecule has 0 radical (unpaired) electrons. The van der Waals surface area contributed by atoms with Crippen molar-refractivity contribution < 1.29 is 19.8 Å². The number of phenolic OH excluding ortho intramolecular Hbond substituents is 1. The van der Waals surface area contributed by atoms with Gasteiger partial charge < -0.3 is 15.0 Å². The summed E-state index contributed by atoms with van der Waals surface area (Å²) in [6, 6.07) is 6.49. The molecule has 1 aliphatic rings. The fourth-order valence-electron chi connectivity index (χ4n) is 1.87. The van der Waals surface area contributed by atoms with Crippen LogP contribution in [0.4, 0.5) is 0 Å². The summed E-state index contributed by atoms with van der Waals surface area (Å²) >= 11 is 6.27. The Hall–Kier alpha value is -1.86. The number of thioether (sulfide) groups is 1. The van der Waals surface area contributed by atoms with Crippen molar-refractivity contribution in [2.45, 2.75) is 13.3 Å². The second-order valence-electron chi connectivity index (χ2n) is 4.45. The molecule has 1 aromatic carbocycles. The topological polar surface area (TPSA) is 80.7 Å². The molecule has 21 heavy (non-hydrogen) atoms.